The summed E-state index contributed by atoms with van der Waals surface area (Å²) in [4.78, 5) is 0. The van der Waals surface area contributed by atoms with E-state index in [0.717, 1.165) is 18.8 Å². The van der Waals surface area contributed by atoms with Crippen molar-refractivity contribution in [3.05, 3.63) is 33.8 Å². The first-order chi connectivity index (χ1) is 8.75. The van der Waals surface area contributed by atoms with Gasteiger partial charge in [0.05, 0.1) is 0 Å². The van der Waals surface area contributed by atoms with Crippen molar-refractivity contribution in [2.45, 2.75) is 56.9 Å². The van der Waals surface area contributed by atoms with Crippen LogP contribution in [0.2, 0.25) is 0 Å². The Kier molecular flexibility index (Phi) is 3.76. The van der Waals surface area contributed by atoms with Crippen LogP contribution in [-0.2, 0) is 6.42 Å². The maximum Gasteiger partial charge on any atom is 0.0178 e. The summed E-state index contributed by atoms with van der Waals surface area (Å²) >= 11 is 3.62. The largest absolute Gasteiger partial charge is 0.327 e. The molecular formula is C16H22BrN. The van der Waals surface area contributed by atoms with Crippen LogP contribution in [0.1, 0.15) is 55.6 Å². The lowest BCUT2D eigenvalue weighted by molar-refractivity contribution is 0.262. The second kappa shape index (κ2) is 5.34. The first-order valence-corrected chi connectivity index (χ1v) is 8.09. The Hall–Kier alpha value is -0.340. The van der Waals surface area contributed by atoms with Crippen molar-refractivity contribution in [3.63, 3.8) is 0 Å². The molecule has 2 atom stereocenters. The number of aryl methyl sites for hydroxylation is 1. The lowest BCUT2D eigenvalue weighted by Gasteiger charge is -2.39. The summed E-state index contributed by atoms with van der Waals surface area (Å²) in [6.45, 7) is 0. The summed E-state index contributed by atoms with van der Waals surface area (Å²) in [5.74, 6) is 1.42. The molecule has 1 saturated carbocycles. The van der Waals surface area contributed by atoms with Gasteiger partial charge >= 0.3 is 0 Å². The van der Waals surface area contributed by atoms with Gasteiger partial charge in [0.25, 0.3) is 0 Å². The van der Waals surface area contributed by atoms with Gasteiger partial charge in [0.15, 0.2) is 0 Å². The van der Waals surface area contributed by atoms with E-state index in [0.29, 0.717) is 12.0 Å². The third kappa shape index (κ3) is 2.37. The fourth-order valence-corrected chi connectivity index (χ4v) is 4.31. The Morgan fingerprint density at radius 3 is 2.61 bits per heavy atom. The number of hydrogen-bond acceptors (Lipinski definition) is 1. The first kappa shape index (κ1) is 12.7. The molecule has 3 rings (SSSR count). The van der Waals surface area contributed by atoms with Crippen LogP contribution in [0.4, 0.5) is 0 Å². The van der Waals surface area contributed by atoms with Gasteiger partial charge in [-0.25, -0.2) is 0 Å². The van der Waals surface area contributed by atoms with Crippen LogP contribution in [0.15, 0.2) is 22.7 Å². The average Bonchev–Trinajstić information content (AvgIpc) is 2.39. The molecule has 2 aliphatic rings. The maximum absolute atomic E-state index is 6.46. The van der Waals surface area contributed by atoms with Gasteiger partial charge in [0.2, 0.25) is 0 Å². The SMILES string of the molecule is NC1CCc2ccc(Br)cc2C1C1CCCCC1. The smallest absolute Gasteiger partial charge is 0.0178 e. The van der Waals surface area contributed by atoms with E-state index < -0.39 is 0 Å². The Bertz CT molecular complexity index is 423. The molecule has 0 aliphatic heterocycles. The second-order valence-electron chi connectivity index (χ2n) is 5.97. The molecule has 0 radical (unpaired) electrons. The van der Waals surface area contributed by atoms with Crippen LogP contribution in [0.25, 0.3) is 0 Å². The molecule has 0 aromatic heterocycles. The highest BCUT2D eigenvalue weighted by Crippen LogP contribution is 2.43. The van der Waals surface area contributed by atoms with Gasteiger partial charge in [-0.05, 0) is 54.9 Å². The van der Waals surface area contributed by atoms with E-state index in [-0.39, 0.29) is 0 Å². The summed E-state index contributed by atoms with van der Waals surface area (Å²) in [6, 6.07) is 7.16. The third-order valence-corrected chi connectivity index (χ3v) is 5.33. The standard InChI is InChI=1S/C16H22BrN/c17-13-8-6-11-7-9-15(18)16(14(11)10-13)12-4-2-1-3-5-12/h6,8,10,12,15-16H,1-5,7,9,18H2. The molecule has 1 aromatic rings. The minimum Gasteiger partial charge on any atom is -0.327 e. The van der Waals surface area contributed by atoms with Crippen molar-refractivity contribution >= 4 is 15.9 Å². The predicted octanol–water partition coefficient (Wildman–Crippen LogP) is 4.39. The maximum atomic E-state index is 6.46. The fraction of sp³-hybridized carbons (Fsp3) is 0.625. The molecule has 2 heteroatoms. The van der Waals surface area contributed by atoms with Crippen molar-refractivity contribution in [3.8, 4) is 0 Å². The second-order valence-corrected chi connectivity index (χ2v) is 6.89. The number of hydrogen-bond donors (Lipinski definition) is 1. The monoisotopic (exact) mass is 307 g/mol. The zero-order valence-corrected chi connectivity index (χ0v) is 12.5. The van der Waals surface area contributed by atoms with E-state index in [1.54, 1.807) is 0 Å². The summed E-state index contributed by atoms with van der Waals surface area (Å²) in [7, 11) is 0. The Labute approximate surface area is 118 Å². The molecule has 2 N–H and O–H groups in total. The normalized spacial score (nSPS) is 29.0. The highest BCUT2D eigenvalue weighted by Gasteiger charge is 2.33. The van der Waals surface area contributed by atoms with Crippen molar-refractivity contribution < 1.29 is 0 Å². The van der Waals surface area contributed by atoms with Crippen molar-refractivity contribution in [1.82, 2.24) is 0 Å². The molecule has 0 heterocycles. The summed E-state index contributed by atoms with van der Waals surface area (Å²) in [5, 5.41) is 0. The van der Waals surface area contributed by atoms with Gasteiger partial charge in [-0.3, -0.25) is 0 Å². The van der Waals surface area contributed by atoms with Gasteiger partial charge in [0.1, 0.15) is 0 Å². The molecule has 18 heavy (non-hydrogen) atoms. The van der Waals surface area contributed by atoms with E-state index in [9.17, 15) is 0 Å². The van der Waals surface area contributed by atoms with Crippen LogP contribution in [-0.4, -0.2) is 6.04 Å². The molecule has 0 amide bonds. The number of fused-ring (bicyclic) bond motifs is 1. The topological polar surface area (TPSA) is 26.0 Å². The number of rotatable bonds is 1. The number of nitrogens with two attached hydrogens (primary N) is 1. The van der Waals surface area contributed by atoms with Gasteiger partial charge in [-0.1, -0.05) is 41.3 Å². The first-order valence-electron chi connectivity index (χ1n) is 7.29. The van der Waals surface area contributed by atoms with Gasteiger partial charge in [-0.2, -0.15) is 0 Å². The third-order valence-electron chi connectivity index (χ3n) is 4.83. The van der Waals surface area contributed by atoms with Gasteiger partial charge in [0, 0.05) is 16.4 Å². The quantitative estimate of drug-likeness (QED) is 0.818. The molecule has 0 spiro atoms. The summed E-state index contributed by atoms with van der Waals surface area (Å²) in [6.07, 6.45) is 9.30. The number of halogens is 1. The van der Waals surface area contributed by atoms with E-state index in [2.05, 4.69) is 34.1 Å². The molecule has 98 valence electrons. The lowest BCUT2D eigenvalue weighted by atomic mass is 9.68. The fourth-order valence-electron chi connectivity index (χ4n) is 3.93. The minimum absolute atomic E-state index is 0.370. The summed E-state index contributed by atoms with van der Waals surface area (Å²) < 4.78 is 1.20. The average molecular weight is 308 g/mol. The van der Waals surface area contributed by atoms with Crippen molar-refractivity contribution in [1.29, 1.82) is 0 Å². The van der Waals surface area contributed by atoms with Crippen LogP contribution in [0.5, 0.6) is 0 Å². The molecular weight excluding hydrogens is 286 g/mol. The Morgan fingerprint density at radius 1 is 1.06 bits per heavy atom. The minimum atomic E-state index is 0.370. The Morgan fingerprint density at radius 2 is 1.83 bits per heavy atom. The van der Waals surface area contributed by atoms with E-state index >= 15 is 0 Å². The van der Waals surface area contributed by atoms with Crippen LogP contribution in [0.3, 0.4) is 0 Å². The highest BCUT2D eigenvalue weighted by molar-refractivity contribution is 9.10. The van der Waals surface area contributed by atoms with Gasteiger partial charge in [-0.15, -0.1) is 0 Å². The molecule has 2 aliphatic carbocycles. The molecule has 1 fully saturated rings. The lowest BCUT2D eigenvalue weighted by Crippen LogP contribution is -2.38. The molecule has 0 bridgehead atoms. The highest BCUT2D eigenvalue weighted by atomic mass is 79.9. The van der Waals surface area contributed by atoms with Crippen molar-refractivity contribution in [2.24, 2.45) is 11.7 Å². The van der Waals surface area contributed by atoms with E-state index in [1.165, 1.54) is 47.7 Å². The Balaban J connectivity index is 1.95. The number of benzene rings is 1. The van der Waals surface area contributed by atoms with Crippen LogP contribution in [0, 0.1) is 5.92 Å². The molecule has 0 saturated heterocycles. The molecule has 1 nitrogen and oxygen atoms in total. The van der Waals surface area contributed by atoms with Crippen LogP contribution >= 0.6 is 15.9 Å². The summed E-state index contributed by atoms with van der Waals surface area (Å²) in [5.41, 5.74) is 9.53. The van der Waals surface area contributed by atoms with E-state index in [4.69, 9.17) is 5.73 Å². The molecule has 2 unspecified atom stereocenters. The van der Waals surface area contributed by atoms with Crippen molar-refractivity contribution in [2.75, 3.05) is 0 Å². The van der Waals surface area contributed by atoms with E-state index in [1.807, 2.05) is 0 Å². The predicted molar refractivity (Wildman–Crippen MR) is 79.8 cm³/mol. The molecule has 1 aromatic carbocycles. The zero-order valence-electron chi connectivity index (χ0n) is 10.9. The van der Waals surface area contributed by atoms with Gasteiger partial charge < -0.3 is 5.73 Å². The zero-order chi connectivity index (χ0) is 12.5. The van der Waals surface area contributed by atoms with Crippen LogP contribution < -0.4 is 5.73 Å².